The minimum absolute atomic E-state index is 0.146. The molecule has 0 atom stereocenters. The lowest BCUT2D eigenvalue weighted by Crippen LogP contribution is -2.44. The summed E-state index contributed by atoms with van der Waals surface area (Å²) in [5.41, 5.74) is 1.57. The van der Waals surface area contributed by atoms with Gasteiger partial charge in [0.15, 0.2) is 5.96 Å². The van der Waals surface area contributed by atoms with Crippen molar-refractivity contribution in [3.63, 3.8) is 0 Å². The second kappa shape index (κ2) is 12.3. The van der Waals surface area contributed by atoms with Crippen LogP contribution in [0.15, 0.2) is 46.0 Å². The Balaban J connectivity index is 1.60. The minimum Gasteiger partial charge on any atom is -0.469 e. The van der Waals surface area contributed by atoms with Gasteiger partial charge in [-0.05, 0) is 25.1 Å². The maximum atomic E-state index is 12.7. The normalized spacial score (nSPS) is 15.3. The molecule has 1 aromatic heterocycles. The lowest BCUT2D eigenvalue weighted by Gasteiger charge is -2.26. The zero-order chi connectivity index (χ0) is 21.9. The molecule has 170 valence electrons. The fourth-order valence-corrected chi connectivity index (χ4v) is 3.30. The van der Waals surface area contributed by atoms with Gasteiger partial charge in [-0.15, -0.1) is 0 Å². The zero-order valence-corrected chi connectivity index (χ0v) is 17.8. The fourth-order valence-electron chi connectivity index (χ4n) is 3.30. The number of alkyl halides is 2. The zero-order valence-electron chi connectivity index (χ0n) is 17.8. The summed E-state index contributed by atoms with van der Waals surface area (Å²) in [6.45, 7) is 4.79. The van der Waals surface area contributed by atoms with E-state index in [4.69, 9.17) is 9.15 Å². The summed E-state index contributed by atoms with van der Waals surface area (Å²) in [4.78, 5) is 6.93. The van der Waals surface area contributed by atoms with E-state index in [1.165, 1.54) is 0 Å². The topological polar surface area (TPSA) is 71.3 Å². The van der Waals surface area contributed by atoms with Crippen molar-refractivity contribution in [3.05, 3.63) is 53.5 Å². The lowest BCUT2D eigenvalue weighted by molar-refractivity contribution is -0.0504. The molecule has 1 aliphatic heterocycles. The molecule has 2 heterocycles. The van der Waals surface area contributed by atoms with Gasteiger partial charge in [0.1, 0.15) is 11.5 Å². The summed E-state index contributed by atoms with van der Waals surface area (Å²) >= 11 is 0. The molecule has 1 fully saturated rings. The van der Waals surface area contributed by atoms with Crippen LogP contribution in [0, 0.1) is 6.92 Å². The van der Waals surface area contributed by atoms with Gasteiger partial charge in [-0.1, -0.05) is 17.7 Å². The summed E-state index contributed by atoms with van der Waals surface area (Å²) in [6, 6.07) is 8.89. The van der Waals surface area contributed by atoms with Crippen molar-refractivity contribution in [3.8, 4) is 5.75 Å². The number of aryl methyl sites for hydroxylation is 1. The number of ether oxygens (including phenoxy) is 2. The highest BCUT2D eigenvalue weighted by Crippen LogP contribution is 2.22. The van der Waals surface area contributed by atoms with Crippen LogP contribution in [-0.2, 0) is 17.7 Å². The summed E-state index contributed by atoms with van der Waals surface area (Å²) in [5, 5.41) is 6.62. The van der Waals surface area contributed by atoms with Crippen LogP contribution in [0.5, 0.6) is 5.75 Å². The second-order valence-electron chi connectivity index (χ2n) is 7.29. The Hall–Kier alpha value is -2.65. The number of hydrogen-bond donors (Lipinski definition) is 2. The molecular formula is C22H30F2N4O3. The van der Waals surface area contributed by atoms with E-state index in [1.54, 1.807) is 18.4 Å². The van der Waals surface area contributed by atoms with E-state index in [-0.39, 0.29) is 12.3 Å². The Morgan fingerprint density at radius 3 is 2.74 bits per heavy atom. The van der Waals surface area contributed by atoms with Gasteiger partial charge < -0.3 is 24.5 Å². The molecule has 0 saturated carbocycles. The first-order chi connectivity index (χ1) is 15.1. The van der Waals surface area contributed by atoms with Gasteiger partial charge >= 0.3 is 6.61 Å². The van der Waals surface area contributed by atoms with Gasteiger partial charge in [0.05, 0.1) is 26.0 Å². The number of halogens is 2. The third kappa shape index (κ3) is 8.18. The van der Waals surface area contributed by atoms with Crippen LogP contribution in [0.4, 0.5) is 8.78 Å². The molecule has 0 radical (unpaired) electrons. The number of hydrogen-bond acceptors (Lipinski definition) is 5. The molecule has 0 spiro atoms. The molecule has 2 aromatic rings. The minimum atomic E-state index is -2.87. The average Bonchev–Trinajstić information content (AvgIpc) is 3.27. The molecule has 0 unspecified atom stereocenters. The smallest absolute Gasteiger partial charge is 0.387 e. The molecule has 7 nitrogen and oxygen atoms in total. The quantitative estimate of drug-likeness (QED) is 0.441. The van der Waals surface area contributed by atoms with Crippen LogP contribution >= 0.6 is 0 Å². The predicted molar refractivity (Wildman–Crippen MR) is 115 cm³/mol. The van der Waals surface area contributed by atoms with E-state index in [0.717, 1.165) is 44.2 Å². The van der Waals surface area contributed by atoms with Crippen molar-refractivity contribution in [2.45, 2.75) is 26.5 Å². The summed E-state index contributed by atoms with van der Waals surface area (Å²) in [5.74, 6) is 1.64. The first-order valence-corrected chi connectivity index (χ1v) is 10.5. The number of nitrogens with zero attached hydrogens (tertiary/aromatic N) is 2. The SMILES string of the molecule is Cc1ccc(OC(F)F)c(CN=C(NCCc2ccco2)NCCN2CCOCC2)c1. The molecular weight excluding hydrogens is 406 g/mol. The molecule has 2 N–H and O–H groups in total. The standard InChI is InChI=1S/C22H30F2N4O3/c1-17-4-5-20(31-21(23)24)18(15-17)16-27-22(25-7-6-19-3-2-12-30-19)26-8-9-28-10-13-29-14-11-28/h2-5,12,15,21H,6-11,13-14,16H2,1H3,(H2,25,26,27). The van der Waals surface area contributed by atoms with E-state index in [2.05, 4.69) is 25.3 Å². The molecule has 9 heteroatoms. The summed E-state index contributed by atoms with van der Waals surface area (Å²) in [7, 11) is 0. The largest absolute Gasteiger partial charge is 0.469 e. The molecule has 31 heavy (non-hydrogen) atoms. The van der Waals surface area contributed by atoms with Crippen molar-refractivity contribution in [2.75, 3.05) is 45.9 Å². The molecule has 0 aliphatic carbocycles. The Morgan fingerprint density at radius 1 is 1.19 bits per heavy atom. The number of guanidine groups is 1. The van der Waals surface area contributed by atoms with E-state index in [0.29, 0.717) is 31.0 Å². The Morgan fingerprint density at radius 2 is 2.00 bits per heavy atom. The predicted octanol–water partition coefficient (Wildman–Crippen LogP) is 2.80. The number of rotatable bonds is 10. The van der Waals surface area contributed by atoms with Crippen LogP contribution in [0.2, 0.25) is 0 Å². The number of benzene rings is 1. The monoisotopic (exact) mass is 436 g/mol. The Bertz CT molecular complexity index is 809. The number of nitrogens with one attached hydrogen (secondary N) is 2. The van der Waals surface area contributed by atoms with Crippen LogP contribution < -0.4 is 15.4 Å². The fraction of sp³-hybridized carbons (Fsp3) is 0.500. The molecule has 0 amide bonds. The maximum absolute atomic E-state index is 12.7. The van der Waals surface area contributed by atoms with Crippen molar-refractivity contribution < 1.29 is 22.7 Å². The molecule has 3 rings (SSSR count). The van der Waals surface area contributed by atoms with Gasteiger partial charge in [-0.25, -0.2) is 4.99 Å². The van der Waals surface area contributed by atoms with Crippen LogP contribution in [0.25, 0.3) is 0 Å². The van der Waals surface area contributed by atoms with E-state index < -0.39 is 6.61 Å². The second-order valence-corrected chi connectivity index (χ2v) is 7.29. The van der Waals surface area contributed by atoms with Crippen LogP contribution in [0.3, 0.4) is 0 Å². The van der Waals surface area contributed by atoms with Gasteiger partial charge in [0, 0.05) is 44.7 Å². The van der Waals surface area contributed by atoms with Crippen molar-refractivity contribution >= 4 is 5.96 Å². The van der Waals surface area contributed by atoms with Gasteiger partial charge in [0.25, 0.3) is 0 Å². The molecule has 1 saturated heterocycles. The van der Waals surface area contributed by atoms with E-state index >= 15 is 0 Å². The highest BCUT2D eigenvalue weighted by Gasteiger charge is 2.12. The maximum Gasteiger partial charge on any atom is 0.387 e. The number of aliphatic imine (C=N–C) groups is 1. The summed E-state index contributed by atoms with van der Waals surface area (Å²) in [6.07, 6.45) is 2.36. The van der Waals surface area contributed by atoms with Crippen molar-refractivity contribution in [1.82, 2.24) is 15.5 Å². The van der Waals surface area contributed by atoms with Gasteiger partial charge in [0.2, 0.25) is 0 Å². The van der Waals surface area contributed by atoms with Crippen LogP contribution in [0.1, 0.15) is 16.9 Å². The average molecular weight is 437 g/mol. The molecule has 1 aliphatic rings. The van der Waals surface area contributed by atoms with E-state index in [9.17, 15) is 8.78 Å². The third-order valence-electron chi connectivity index (χ3n) is 4.91. The summed E-state index contributed by atoms with van der Waals surface area (Å²) < 4.78 is 40.9. The van der Waals surface area contributed by atoms with Gasteiger partial charge in [-0.2, -0.15) is 8.78 Å². The van der Waals surface area contributed by atoms with E-state index in [1.807, 2.05) is 25.1 Å². The lowest BCUT2D eigenvalue weighted by atomic mass is 10.1. The van der Waals surface area contributed by atoms with Gasteiger partial charge in [-0.3, -0.25) is 4.90 Å². The third-order valence-corrected chi connectivity index (χ3v) is 4.91. The van der Waals surface area contributed by atoms with Crippen molar-refractivity contribution in [2.24, 2.45) is 4.99 Å². The molecule has 1 aromatic carbocycles. The Labute approximate surface area is 181 Å². The molecule has 0 bridgehead atoms. The highest BCUT2D eigenvalue weighted by atomic mass is 19.3. The number of morpholine rings is 1. The first-order valence-electron chi connectivity index (χ1n) is 10.5. The Kier molecular flexibility index (Phi) is 9.11. The van der Waals surface area contributed by atoms with Crippen LogP contribution in [-0.4, -0.2) is 63.4 Å². The first kappa shape index (κ1) is 23.0. The van der Waals surface area contributed by atoms with Crippen molar-refractivity contribution in [1.29, 1.82) is 0 Å². The highest BCUT2D eigenvalue weighted by molar-refractivity contribution is 5.79. The number of furan rings is 1.